The zero-order chi connectivity index (χ0) is 15.0. The second-order valence-electron chi connectivity index (χ2n) is 5.55. The Kier molecular flexibility index (Phi) is 3.48. The first-order chi connectivity index (χ1) is 10.1. The number of nitrogens with two attached hydrogens (primary N) is 2. The van der Waals surface area contributed by atoms with Crippen molar-refractivity contribution in [3.05, 3.63) is 30.1 Å². The summed E-state index contributed by atoms with van der Waals surface area (Å²) in [5.41, 5.74) is 8.65. The Morgan fingerprint density at radius 1 is 1.24 bits per heavy atom. The Labute approximate surface area is 122 Å². The van der Waals surface area contributed by atoms with E-state index in [1.165, 1.54) is 0 Å². The average Bonchev–Trinajstić information content (AvgIpc) is 2.79. The van der Waals surface area contributed by atoms with Gasteiger partial charge < -0.3 is 10.3 Å². The summed E-state index contributed by atoms with van der Waals surface area (Å²) in [6.45, 7) is 5.38. The summed E-state index contributed by atoms with van der Waals surface area (Å²) in [6, 6.07) is 7.94. The van der Waals surface area contributed by atoms with Crippen LogP contribution in [0.1, 0.15) is 19.7 Å². The van der Waals surface area contributed by atoms with Crippen LogP contribution in [0.3, 0.4) is 0 Å². The smallest absolute Gasteiger partial charge is 0.152 e. The minimum absolute atomic E-state index is 0.245. The van der Waals surface area contributed by atoms with Gasteiger partial charge in [-0.3, -0.25) is 4.84 Å². The molecule has 21 heavy (non-hydrogen) atoms. The molecule has 0 amide bonds. The van der Waals surface area contributed by atoms with Gasteiger partial charge in [-0.25, -0.2) is 15.9 Å². The van der Waals surface area contributed by atoms with E-state index in [4.69, 9.17) is 16.5 Å². The minimum Gasteiger partial charge on any atom is -0.382 e. The van der Waals surface area contributed by atoms with Crippen LogP contribution in [0.25, 0.3) is 21.9 Å². The summed E-state index contributed by atoms with van der Waals surface area (Å²) in [6.07, 6.45) is 0. The third-order valence-electron chi connectivity index (χ3n) is 3.45. The van der Waals surface area contributed by atoms with Crippen molar-refractivity contribution in [3.8, 4) is 0 Å². The molecule has 6 nitrogen and oxygen atoms in total. The molecule has 0 radical (unpaired) electrons. The molecule has 110 valence electrons. The molecule has 0 spiro atoms. The Balaban J connectivity index is 2.39. The van der Waals surface area contributed by atoms with Crippen molar-refractivity contribution in [1.29, 1.82) is 0 Å². The molecular weight excluding hydrogens is 266 g/mol. The molecule has 3 aromatic rings. The van der Waals surface area contributed by atoms with Gasteiger partial charge in [-0.05, 0) is 12.0 Å². The first kappa shape index (κ1) is 13.8. The van der Waals surface area contributed by atoms with Crippen molar-refractivity contribution in [2.75, 3.05) is 5.73 Å². The number of nitrogen functional groups attached to an aromatic ring is 1. The van der Waals surface area contributed by atoms with Crippen molar-refractivity contribution in [1.82, 2.24) is 14.5 Å². The standard InChI is InChI=1S/C15H19N5O/c1-9(2)7-20-12(8-21-17)19-13-14(20)10-5-3-4-6-11(10)18-15(13)16/h3-6,9H,7-8,17H2,1-2H3,(H2,16,18). The molecule has 0 saturated carbocycles. The number of fused-ring (bicyclic) bond motifs is 3. The van der Waals surface area contributed by atoms with E-state index in [1.54, 1.807) is 0 Å². The number of imidazole rings is 1. The van der Waals surface area contributed by atoms with E-state index in [0.29, 0.717) is 17.3 Å². The number of pyridine rings is 1. The van der Waals surface area contributed by atoms with E-state index >= 15 is 0 Å². The number of aromatic nitrogens is 3. The van der Waals surface area contributed by atoms with Crippen LogP contribution >= 0.6 is 0 Å². The zero-order valence-corrected chi connectivity index (χ0v) is 12.2. The number of hydrogen-bond donors (Lipinski definition) is 2. The fraction of sp³-hybridized carbons (Fsp3) is 0.333. The van der Waals surface area contributed by atoms with E-state index in [0.717, 1.165) is 28.8 Å². The van der Waals surface area contributed by atoms with Gasteiger partial charge in [0.25, 0.3) is 0 Å². The van der Waals surface area contributed by atoms with Gasteiger partial charge in [0.2, 0.25) is 0 Å². The molecule has 0 atom stereocenters. The first-order valence-corrected chi connectivity index (χ1v) is 6.96. The lowest BCUT2D eigenvalue weighted by atomic mass is 10.1. The fourth-order valence-electron chi connectivity index (χ4n) is 2.65. The largest absolute Gasteiger partial charge is 0.382 e. The van der Waals surface area contributed by atoms with Gasteiger partial charge in [-0.2, -0.15) is 0 Å². The van der Waals surface area contributed by atoms with Crippen LogP contribution in [-0.4, -0.2) is 14.5 Å². The van der Waals surface area contributed by atoms with Crippen LogP contribution < -0.4 is 11.6 Å². The Hall–Kier alpha value is -2.18. The van der Waals surface area contributed by atoms with Crippen LogP contribution in [0, 0.1) is 5.92 Å². The molecule has 0 aliphatic carbocycles. The second kappa shape index (κ2) is 5.31. The van der Waals surface area contributed by atoms with Gasteiger partial charge in [0, 0.05) is 11.9 Å². The highest BCUT2D eigenvalue weighted by molar-refractivity contribution is 6.06. The molecule has 0 aliphatic rings. The van der Waals surface area contributed by atoms with Crippen LogP contribution in [0.2, 0.25) is 0 Å². The number of rotatable bonds is 4. The number of hydrogen-bond acceptors (Lipinski definition) is 5. The highest BCUT2D eigenvalue weighted by Crippen LogP contribution is 2.29. The molecule has 2 heterocycles. The molecule has 0 unspecified atom stereocenters. The van der Waals surface area contributed by atoms with Gasteiger partial charge >= 0.3 is 0 Å². The molecule has 0 aliphatic heterocycles. The summed E-state index contributed by atoms with van der Waals surface area (Å²) in [4.78, 5) is 13.8. The van der Waals surface area contributed by atoms with Crippen molar-refractivity contribution >= 4 is 27.8 Å². The summed E-state index contributed by atoms with van der Waals surface area (Å²) >= 11 is 0. The van der Waals surface area contributed by atoms with Gasteiger partial charge in [0.05, 0.1) is 11.0 Å². The maximum Gasteiger partial charge on any atom is 0.152 e. The topological polar surface area (TPSA) is 92.0 Å². The molecule has 3 rings (SSSR count). The second-order valence-corrected chi connectivity index (χ2v) is 5.55. The highest BCUT2D eigenvalue weighted by Gasteiger charge is 2.17. The van der Waals surface area contributed by atoms with Crippen LogP contribution in [0.5, 0.6) is 0 Å². The Morgan fingerprint density at radius 3 is 2.71 bits per heavy atom. The van der Waals surface area contributed by atoms with Crippen LogP contribution in [0.15, 0.2) is 24.3 Å². The number of benzene rings is 1. The van der Waals surface area contributed by atoms with Crippen molar-refractivity contribution in [2.24, 2.45) is 11.8 Å². The summed E-state index contributed by atoms with van der Waals surface area (Å²) in [7, 11) is 0. The van der Waals surface area contributed by atoms with E-state index in [-0.39, 0.29) is 6.61 Å². The van der Waals surface area contributed by atoms with E-state index in [9.17, 15) is 0 Å². The van der Waals surface area contributed by atoms with E-state index in [1.807, 2.05) is 24.3 Å². The molecule has 4 N–H and O–H groups in total. The molecule has 6 heteroatoms. The molecule has 2 aromatic heterocycles. The third kappa shape index (κ3) is 2.32. The van der Waals surface area contributed by atoms with Gasteiger partial charge in [0.15, 0.2) is 5.82 Å². The van der Waals surface area contributed by atoms with Gasteiger partial charge in [0.1, 0.15) is 17.9 Å². The quantitative estimate of drug-likeness (QED) is 0.717. The van der Waals surface area contributed by atoms with E-state index < -0.39 is 0 Å². The van der Waals surface area contributed by atoms with Crippen molar-refractivity contribution in [3.63, 3.8) is 0 Å². The highest BCUT2D eigenvalue weighted by atomic mass is 16.6. The number of anilines is 1. The predicted molar refractivity (Wildman–Crippen MR) is 83.3 cm³/mol. The third-order valence-corrected chi connectivity index (χ3v) is 3.45. The molecule has 0 fully saturated rings. The SMILES string of the molecule is CC(C)Cn1c(CON)nc2c(N)nc3ccccc3c21. The molecule has 0 saturated heterocycles. The van der Waals surface area contributed by atoms with Gasteiger partial charge in [-0.15, -0.1) is 0 Å². The summed E-state index contributed by atoms with van der Waals surface area (Å²) in [5.74, 6) is 6.90. The molecule has 1 aromatic carbocycles. The molecular formula is C15H19N5O. The fourth-order valence-corrected chi connectivity index (χ4v) is 2.65. The first-order valence-electron chi connectivity index (χ1n) is 6.96. The monoisotopic (exact) mass is 285 g/mol. The lowest BCUT2D eigenvalue weighted by Gasteiger charge is -2.12. The van der Waals surface area contributed by atoms with Crippen molar-refractivity contribution < 1.29 is 4.84 Å². The number of nitrogens with zero attached hydrogens (tertiary/aromatic N) is 3. The zero-order valence-electron chi connectivity index (χ0n) is 12.2. The summed E-state index contributed by atoms with van der Waals surface area (Å²) in [5, 5.41) is 1.04. The average molecular weight is 285 g/mol. The predicted octanol–water partition coefficient (Wildman–Crippen LogP) is 2.21. The van der Waals surface area contributed by atoms with Crippen LogP contribution in [0.4, 0.5) is 5.82 Å². The lowest BCUT2D eigenvalue weighted by molar-refractivity contribution is 0.115. The van der Waals surface area contributed by atoms with E-state index in [2.05, 4.69) is 28.4 Å². The normalized spacial score (nSPS) is 11.8. The Bertz CT molecular complexity index is 793. The minimum atomic E-state index is 0.245. The maximum absolute atomic E-state index is 6.07. The van der Waals surface area contributed by atoms with Crippen LogP contribution in [-0.2, 0) is 18.0 Å². The molecule has 0 bridgehead atoms. The lowest BCUT2D eigenvalue weighted by Crippen LogP contribution is -2.11. The van der Waals surface area contributed by atoms with Gasteiger partial charge in [-0.1, -0.05) is 32.0 Å². The number of para-hydroxylation sites is 1. The maximum atomic E-state index is 6.07. The summed E-state index contributed by atoms with van der Waals surface area (Å²) < 4.78 is 2.13. The Morgan fingerprint density at radius 2 is 2.00 bits per heavy atom. The van der Waals surface area contributed by atoms with Crippen molar-refractivity contribution in [2.45, 2.75) is 27.0 Å².